The fraction of sp³-hybridized carbons (Fsp3) is 0.520. The van der Waals surface area contributed by atoms with E-state index in [1.165, 1.54) is 43.5 Å². The van der Waals surface area contributed by atoms with E-state index in [0.29, 0.717) is 12.0 Å². The first-order valence-corrected chi connectivity index (χ1v) is 11.0. The van der Waals surface area contributed by atoms with Gasteiger partial charge in [0, 0.05) is 44.7 Å². The Balaban J connectivity index is 1.16. The zero-order valence-corrected chi connectivity index (χ0v) is 16.7. The van der Waals surface area contributed by atoms with Crippen LogP contribution in [0.3, 0.4) is 0 Å². The van der Waals surface area contributed by atoms with Gasteiger partial charge >= 0.3 is 0 Å². The van der Waals surface area contributed by atoms with Crippen molar-refractivity contribution in [1.29, 1.82) is 0 Å². The number of hydrogen-bond acceptors (Lipinski definition) is 3. The average Bonchev–Trinajstić information content (AvgIpc) is 3.44. The van der Waals surface area contributed by atoms with Crippen LogP contribution in [-0.4, -0.2) is 37.2 Å². The van der Waals surface area contributed by atoms with E-state index in [4.69, 9.17) is 4.74 Å². The minimum Gasteiger partial charge on any atom is -0.373 e. The highest BCUT2D eigenvalue weighted by Crippen LogP contribution is 2.40. The van der Waals surface area contributed by atoms with Gasteiger partial charge in [-0.3, -0.25) is 4.90 Å². The number of fused-ring (bicyclic) bond motifs is 1. The summed E-state index contributed by atoms with van der Waals surface area (Å²) in [6.07, 6.45) is 4.17. The van der Waals surface area contributed by atoms with Gasteiger partial charge in [-0.1, -0.05) is 60.7 Å². The molecule has 2 aromatic rings. The SMILES string of the molecule is c1ccc(CN2C[C@@H]3CC[C@H](NC[C@@H]4CCO[C@@H]4c4ccccc4)[C@@H]3C2)cc1. The predicted molar refractivity (Wildman–Crippen MR) is 113 cm³/mol. The zero-order valence-electron chi connectivity index (χ0n) is 16.7. The summed E-state index contributed by atoms with van der Waals surface area (Å²) in [5.41, 5.74) is 2.78. The molecule has 148 valence electrons. The molecule has 0 radical (unpaired) electrons. The first kappa shape index (κ1) is 18.4. The maximum atomic E-state index is 6.09. The van der Waals surface area contributed by atoms with Gasteiger partial charge in [0.2, 0.25) is 0 Å². The Morgan fingerprint density at radius 3 is 2.50 bits per heavy atom. The third kappa shape index (κ3) is 3.89. The molecule has 3 aliphatic rings. The summed E-state index contributed by atoms with van der Waals surface area (Å²) in [6.45, 7) is 5.62. The van der Waals surface area contributed by atoms with Crippen LogP contribution in [0, 0.1) is 17.8 Å². The van der Waals surface area contributed by atoms with Crippen molar-refractivity contribution < 1.29 is 4.74 Å². The second-order valence-corrected chi connectivity index (χ2v) is 8.95. The van der Waals surface area contributed by atoms with Crippen molar-refractivity contribution in [3.8, 4) is 0 Å². The van der Waals surface area contributed by atoms with E-state index in [9.17, 15) is 0 Å². The molecule has 2 aromatic carbocycles. The first-order chi connectivity index (χ1) is 13.9. The number of nitrogens with one attached hydrogen (secondary N) is 1. The van der Waals surface area contributed by atoms with Gasteiger partial charge in [0.1, 0.15) is 0 Å². The van der Waals surface area contributed by atoms with Crippen molar-refractivity contribution >= 4 is 0 Å². The molecule has 3 fully saturated rings. The number of benzene rings is 2. The lowest BCUT2D eigenvalue weighted by Gasteiger charge is -2.25. The zero-order chi connectivity index (χ0) is 18.8. The van der Waals surface area contributed by atoms with E-state index in [0.717, 1.165) is 31.5 Å². The van der Waals surface area contributed by atoms with E-state index < -0.39 is 0 Å². The van der Waals surface area contributed by atoms with Crippen LogP contribution in [0.4, 0.5) is 0 Å². The summed E-state index contributed by atoms with van der Waals surface area (Å²) in [6, 6.07) is 22.4. The van der Waals surface area contributed by atoms with Gasteiger partial charge < -0.3 is 10.1 Å². The highest BCUT2D eigenvalue weighted by atomic mass is 16.5. The summed E-state index contributed by atoms with van der Waals surface area (Å²) in [5, 5.41) is 3.97. The number of ether oxygens (including phenoxy) is 1. The van der Waals surface area contributed by atoms with E-state index >= 15 is 0 Å². The fourth-order valence-electron chi connectivity index (χ4n) is 5.74. The quantitative estimate of drug-likeness (QED) is 0.815. The van der Waals surface area contributed by atoms with Crippen LogP contribution in [-0.2, 0) is 11.3 Å². The summed E-state index contributed by atoms with van der Waals surface area (Å²) < 4.78 is 6.09. The number of rotatable bonds is 6. The highest BCUT2D eigenvalue weighted by molar-refractivity contribution is 5.19. The average molecular weight is 377 g/mol. The van der Waals surface area contributed by atoms with Gasteiger partial charge in [-0.15, -0.1) is 0 Å². The van der Waals surface area contributed by atoms with Crippen molar-refractivity contribution in [3.05, 3.63) is 71.8 Å². The summed E-state index contributed by atoms with van der Waals surface area (Å²) >= 11 is 0. The molecule has 2 aliphatic heterocycles. The van der Waals surface area contributed by atoms with Crippen molar-refractivity contribution in [2.45, 2.75) is 38.0 Å². The summed E-state index contributed by atoms with van der Waals surface area (Å²) in [4.78, 5) is 2.67. The maximum absolute atomic E-state index is 6.09. The van der Waals surface area contributed by atoms with Crippen molar-refractivity contribution in [3.63, 3.8) is 0 Å². The summed E-state index contributed by atoms with van der Waals surface area (Å²) in [5.74, 6) is 2.30. The normalized spacial score (nSPS) is 32.6. The number of nitrogens with zero attached hydrogens (tertiary/aromatic N) is 1. The molecule has 3 heteroatoms. The molecule has 3 nitrogen and oxygen atoms in total. The van der Waals surface area contributed by atoms with Crippen molar-refractivity contribution in [2.75, 3.05) is 26.2 Å². The second kappa shape index (κ2) is 8.36. The number of hydrogen-bond donors (Lipinski definition) is 1. The van der Waals surface area contributed by atoms with Crippen molar-refractivity contribution in [1.82, 2.24) is 10.2 Å². The molecule has 0 bridgehead atoms. The van der Waals surface area contributed by atoms with Crippen molar-refractivity contribution in [2.24, 2.45) is 17.8 Å². The lowest BCUT2D eigenvalue weighted by molar-refractivity contribution is 0.0893. The molecule has 28 heavy (non-hydrogen) atoms. The minimum atomic E-state index is 0.268. The second-order valence-electron chi connectivity index (χ2n) is 8.95. The molecule has 2 saturated heterocycles. The Morgan fingerprint density at radius 2 is 1.68 bits per heavy atom. The molecule has 5 atom stereocenters. The van der Waals surface area contributed by atoms with E-state index in [1.807, 2.05) is 0 Å². The summed E-state index contributed by atoms with van der Waals surface area (Å²) in [7, 11) is 0. The molecule has 0 unspecified atom stereocenters. The Morgan fingerprint density at radius 1 is 0.893 bits per heavy atom. The fourth-order valence-corrected chi connectivity index (χ4v) is 5.74. The van der Waals surface area contributed by atoms with Gasteiger partial charge in [0.25, 0.3) is 0 Å². The molecule has 0 spiro atoms. The monoisotopic (exact) mass is 376 g/mol. The predicted octanol–water partition coefficient (Wildman–Crippen LogP) is 4.26. The smallest absolute Gasteiger partial charge is 0.0866 e. The van der Waals surface area contributed by atoms with Gasteiger partial charge in [-0.05, 0) is 42.2 Å². The standard InChI is InChI=1S/C25H32N2O/c1-3-7-19(8-4-1)16-27-17-22-11-12-24(23(22)18-27)26-15-21-13-14-28-25(21)20-9-5-2-6-10-20/h1-10,21-26H,11-18H2/t21-,22-,23+,24-,25+/m0/s1. The van der Waals surface area contributed by atoms with Crippen LogP contribution < -0.4 is 5.32 Å². The van der Waals surface area contributed by atoms with Crippen LogP contribution in [0.5, 0.6) is 0 Å². The molecule has 1 N–H and O–H groups in total. The van der Waals surface area contributed by atoms with E-state index in [-0.39, 0.29) is 6.10 Å². The van der Waals surface area contributed by atoms with Gasteiger partial charge in [-0.25, -0.2) is 0 Å². The van der Waals surface area contributed by atoms with Gasteiger partial charge in [0.15, 0.2) is 0 Å². The maximum Gasteiger partial charge on any atom is 0.0866 e. The molecule has 1 aliphatic carbocycles. The van der Waals surface area contributed by atoms with E-state index in [1.54, 1.807) is 0 Å². The van der Waals surface area contributed by atoms with Crippen LogP contribution in [0.25, 0.3) is 0 Å². The number of likely N-dealkylation sites (tertiary alicyclic amines) is 1. The first-order valence-electron chi connectivity index (χ1n) is 11.0. The van der Waals surface area contributed by atoms with Crippen LogP contribution in [0.15, 0.2) is 60.7 Å². The Kier molecular flexibility index (Phi) is 5.48. The molecule has 0 aromatic heterocycles. The molecular formula is C25H32N2O. The molecular weight excluding hydrogens is 344 g/mol. The van der Waals surface area contributed by atoms with E-state index in [2.05, 4.69) is 70.9 Å². The molecule has 5 rings (SSSR count). The topological polar surface area (TPSA) is 24.5 Å². The lowest BCUT2D eigenvalue weighted by Crippen LogP contribution is -2.39. The Bertz CT molecular complexity index is 750. The van der Waals surface area contributed by atoms with Crippen LogP contribution >= 0.6 is 0 Å². The third-order valence-corrected chi connectivity index (χ3v) is 7.17. The molecule has 2 heterocycles. The molecule has 1 saturated carbocycles. The lowest BCUT2D eigenvalue weighted by atomic mass is 9.93. The highest BCUT2D eigenvalue weighted by Gasteiger charge is 2.42. The Labute approximate surface area is 169 Å². The third-order valence-electron chi connectivity index (χ3n) is 7.17. The Hall–Kier alpha value is -1.68. The molecule has 0 amide bonds. The largest absolute Gasteiger partial charge is 0.373 e. The van der Waals surface area contributed by atoms with Crippen LogP contribution in [0.1, 0.15) is 36.5 Å². The van der Waals surface area contributed by atoms with Gasteiger partial charge in [-0.2, -0.15) is 0 Å². The van der Waals surface area contributed by atoms with Crippen LogP contribution in [0.2, 0.25) is 0 Å². The van der Waals surface area contributed by atoms with Gasteiger partial charge in [0.05, 0.1) is 6.10 Å². The minimum absolute atomic E-state index is 0.268.